The second-order valence-electron chi connectivity index (χ2n) is 8.73. The van der Waals surface area contributed by atoms with Crippen molar-refractivity contribution in [1.82, 2.24) is 10.6 Å². The number of oxime groups is 1. The van der Waals surface area contributed by atoms with Crippen molar-refractivity contribution in [2.24, 2.45) is 10.9 Å². The molecule has 0 bridgehead atoms. The fourth-order valence-corrected chi connectivity index (χ4v) is 2.15. The summed E-state index contributed by atoms with van der Waals surface area (Å²) in [5.74, 6) is -0.342. The van der Waals surface area contributed by atoms with Gasteiger partial charge in [-0.05, 0) is 74.1 Å². The van der Waals surface area contributed by atoms with Gasteiger partial charge in [0.1, 0.15) is 5.60 Å². The zero-order valence-electron chi connectivity index (χ0n) is 17.6. The molecule has 152 valence electrons. The highest BCUT2D eigenvalue weighted by molar-refractivity contribution is 5.86. The second kappa shape index (κ2) is 11.2. The van der Waals surface area contributed by atoms with Crippen molar-refractivity contribution in [2.75, 3.05) is 6.54 Å². The first kappa shape index (κ1) is 24.4. The summed E-state index contributed by atoms with van der Waals surface area (Å²) in [4.78, 5) is 28.7. The van der Waals surface area contributed by atoms with Crippen molar-refractivity contribution in [2.45, 2.75) is 97.8 Å². The van der Waals surface area contributed by atoms with E-state index in [9.17, 15) is 9.59 Å². The lowest BCUT2D eigenvalue weighted by atomic mass is 10.0. The summed E-state index contributed by atoms with van der Waals surface area (Å²) in [5, 5.41) is 10.1. The third-order valence-corrected chi connectivity index (χ3v) is 3.38. The summed E-state index contributed by atoms with van der Waals surface area (Å²) in [6, 6.07) is -0.340. The van der Waals surface area contributed by atoms with Crippen LogP contribution in [0.15, 0.2) is 5.16 Å². The summed E-state index contributed by atoms with van der Waals surface area (Å²) in [5.41, 5.74) is 5.74. The number of nitrogens with two attached hydrogens (primary N) is 1. The Morgan fingerprint density at radius 3 is 2.19 bits per heavy atom. The third-order valence-electron chi connectivity index (χ3n) is 3.38. The van der Waals surface area contributed by atoms with Crippen molar-refractivity contribution in [1.29, 1.82) is 0 Å². The zero-order valence-corrected chi connectivity index (χ0v) is 17.6. The van der Waals surface area contributed by atoms with E-state index in [2.05, 4.69) is 15.8 Å². The summed E-state index contributed by atoms with van der Waals surface area (Å²) in [7, 11) is 0. The SMILES string of the molecule is C/C(CCC(=O)NCCCCC(NC(C)(C)C)C(N)=O)=N/OC(C)(C)C. The quantitative estimate of drug-likeness (QED) is 0.295. The van der Waals surface area contributed by atoms with Gasteiger partial charge in [-0.2, -0.15) is 0 Å². The molecule has 4 N–H and O–H groups in total. The Morgan fingerprint density at radius 2 is 1.69 bits per heavy atom. The Bertz CT molecular complexity index is 476. The van der Waals surface area contributed by atoms with Gasteiger partial charge in [0.25, 0.3) is 0 Å². The smallest absolute Gasteiger partial charge is 0.234 e. The lowest BCUT2D eigenvalue weighted by Gasteiger charge is -2.26. The molecule has 7 heteroatoms. The molecule has 0 saturated carbocycles. The van der Waals surface area contributed by atoms with E-state index in [4.69, 9.17) is 10.6 Å². The molecule has 0 fully saturated rings. The molecule has 0 heterocycles. The number of hydrogen-bond donors (Lipinski definition) is 3. The van der Waals surface area contributed by atoms with E-state index in [0.29, 0.717) is 25.8 Å². The van der Waals surface area contributed by atoms with Gasteiger partial charge in [-0.25, -0.2) is 0 Å². The first-order chi connectivity index (χ1) is 11.8. The van der Waals surface area contributed by atoms with Crippen LogP contribution in [0.25, 0.3) is 0 Å². The number of unbranched alkanes of at least 4 members (excludes halogenated alkanes) is 1. The molecule has 0 radical (unpaired) electrons. The van der Waals surface area contributed by atoms with Crippen molar-refractivity contribution < 1.29 is 14.4 Å². The summed E-state index contributed by atoms with van der Waals surface area (Å²) >= 11 is 0. The Kier molecular flexibility index (Phi) is 10.5. The second-order valence-corrected chi connectivity index (χ2v) is 8.73. The van der Waals surface area contributed by atoms with E-state index in [0.717, 1.165) is 18.6 Å². The van der Waals surface area contributed by atoms with Crippen LogP contribution in [0.1, 0.15) is 80.6 Å². The van der Waals surface area contributed by atoms with Crippen molar-refractivity contribution in [3.8, 4) is 0 Å². The monoisotopic (exact) mass is 370 g/mol. The Hall–Kier alpha value is -1.63. The Morgan fingerprint density at radius 1 is 1.08 bits per heavy atom. The number of nitrogens with one attached hydrogen (secondary N) is 2. The van der Waals surface area contributed by atoms with Crippen LogP contribution in [0.2, 0.25) is 0 Å². The van der Waals surface area contributed by atoms with Gasteiger partial charge in [-0.15, -0.1) is 0 Å². The van der Waals surface area contributed by atoms with Crippen LogP contribution in [0, 0.1) is 0 Å². The minimum Gasteiger partial charge on any atom is -0.390 e. The first-order valence-electron chi connectivity index (χ1n) is 9.35. The largest absolute Gasteiger partial charge is 0.390 e. The van der Waals surface area contributed by atoms with Crippen LogP contribution in [0.4, 0.5) is 0 Å². The molecule has 1 atom stereocenters. The molecule has 7 nitrogen and oxygen atoms in total. The Labute approximate surface area is 158 Å². The van der Waals surface area contributed by atoms with E-state index >= 15 is 0 Å². The third kappa shape index (κ3) is 14.7. The molecule has 0 spiro atoms. The minimum atomic E-state index is -0.340. The average Bonchev–Trinajstić information content (AvgIpc) is 2.47. The van der Waals surface area contributed by atoms with E-state index < -0.39 is 0 Å². The van der Waals surface area contributed by atoms with Crippen molar-refractivity contribution in [3.63, 3.8) is 0 Å². The molecule has 0 rings (SSSR count). The van der Waals surface area contributed by atoms with Crippen LogP contribution in [0.5, 0.6) is 0 Å². The first-order valence-corrected chi connectivity index (χ1v) is 9.35. The maximum Gasteiger partial charge on any atom is 0.234 e. The van der Waals surface area contributed by atoms with Gasteiger partial charge in [0.15, 0.2) is 0 Å². The van der Waals surface area contributed by atoms with Crippen molar-refractivity contribution >= 4 is 17.5 Å². The van der Waals surface area contributed by atoms with E-state index in [1.165, 1.54) is 0 Å². The molecule has 26 heavy (non-hydrogen) atoms. The number of rotatable bonds is 11. The fraction of sp³-hybridized carbons (Fsp3) is 0.842. The van der Waals surface area contributed by atoms with Gasteiger partial charge in [0.2, 0.25) is 11.8 Å². The van der Waals surface area contributed by atoms with Gasteiger partial charge in [-0.3, -0.25) is 9.59 Å². The molecule has 0 aliphatic rings. The maximum atomic E-state index is 11.8. The topological polar surface area (TPSA) is 106 Å². The minimum absolute atomic E-state index is 0.00502. The van der Waals surface area contributed by atoms with Crippen LogP contribution >= 0.6 is 0 Å². The number of carbonyl (C=O) groups is 2. The highest BCUT2D eigenvalue weighted by atomic mass is 16.6. The maximum absolute atomic E-state index is 11.8. The molecule has 0 saturated heterocycles. The molecular formula is C19H38N4O3. The van der Waals surface area contributed by atoms with E-state index in [1.54, 1.807) is 0 Å². The normalized spacial score (nSPS) is 14.0. The van der Waals surface area contributed by atoms with Gasteiger partial charge >= 0.3 is 0 Å². The summed E-state index contributed by atoms with van der Waals surface area (Å²) in [6.07, 6.45) is 3.25. The average molecular weight is 371 g/mol. The van der Waals surface area contributed by atoms with Gasteiger partial charge in [0, 0.05) is 18.5 Å². The Balaban J connectivity index is 3.96. The van der Waals surface area contributed by atoms with E-state index in [-0.39, 0.29) is 29.0 Å². The molecular weight excluding hydrogens is 332 g/mol. The number of carbonyl (C=O) groups excluding carboxylic acids is 2. The highest BCUT2D eigenvalue weighted by Gasteiger charge is 2.21. The van der Waals surface area contributed by atoms with Gasteiger partial charge in [0.05, 0.1) is 11.8 Å². The van der Waals surface area contributed by atoms with Crippen LogP contribution in [0.3, 0.4) is 0 Å². The van der Waals surface area contributed by atoms with Crippen LogP contribution in [-0.2, 0) is 14.4 Å². The summed E-state index contributed by atoms with van der Waals surface area (Å²) < 4.78 is 0. The van der Waals surface area contributed by atoms with Gasteiger partial charge < -0.3 is 21.2 Å². The van der Waals surface area contributed by atoms with E-state index in [1.807, 2.05) is 48.5 Å². The van der Waals surface area contributed by atoms with Crippen LogP contribution in [-0.4, -0.2) is 41.3 Å². The summed E-state index contributed by atoms with van der Waals surface area (Å²) in [6.45, 7) is 14.2. The lowest BCUT2D eigenvalue weighted by molar-refractivity contribution is -0.121. The number of nitrogens with zero attached hydrogens (tertiary/aromatic N) is 1. The standard InChI is InChI=1S/C19H38N4O3/c1-14(23-26-19(5,6)7)11-12-16(24)21-13-9-8-10-15(17(20)25)22-18(2,3)4/h15,22H,8-13H2,1-7H3,(H2,20,25)(H,21,24)/b23-14-. The number of amides is 2. The fourth-order valence-electron chi connectivity index (χ4n) is 2.15. The van der Waals surface area contributed by atoms with Gasteiger partial charge in [-0.1, -0.05) is 5.16 Å². The number of primary amides is 1. The highest BCUT2D eigenvalue weighted by Crippen LogP contribution is 2.08. The lowest BCUT2D eigenvalue weighted by Crippen LogP contribution is -2.50. The molecule has 0 aliphatic carbocycles. The molecule has 2 amide bonds. The predicted molar refractivity (Wildman–Crippen MR) is 106 cm³/mol. The van der Waals surface area contributed by atoms with Crippen LogP contribution < -0.4 is 16.4 Å². The van der Waals surface area contributed by atoms with Crippen molar-refractivity contribution in [3.05, 3.63) is 0 Å². The molecule has 0 aromatic carbocycles. The molecule has 0 aromatic heterocycles. The zero-order chi connectivity index (χ0) is 20.4. The molecule has 1 unspecified atom stereocenters. The molecule has 0 aromatic rings. The molecule has 0 aliphatic heterocycles. The number of hydrogen-bond acceptors (Lipinski definition) is 5. The predicted octanol–water partition coefficient (Wildman–Crippen LogP) is 2.49.